The Kier molecular flexibility index (Phi) is 7.62. The zero-order valence-electron chi connectivity index (χ0n) is 6.89. The molecule has 0 N–H and O–H groups in total. The monoisotopic (exact) mass is 222 g/mol. The standard InChI is InChI=1S/C7H10O4S2/c1-2-6(8)10-3-4-13-11-7(9)5-12/h2,12H,1,3-5H2. The van der Waals surface area contributed by atoms with Gasteiger partial charge >= 0.3 is 11.9 Å². The summed E-state index contributed by atoms with van der Waals surface area (Å²) in [5.74, 6) is -0.456. The van der Waals surface area contributed by atoms with Gasteiger partial charge in [0, 0.05) is 6.08 Å². The van der Waals surface area contributed by atoms with E-state index in [4.69, 9.17) is 0 Å². The van der Waals surface area contributed by atoms with Gasteiger partial charge < -0.3 is 8.92 Å². The van der Waals surface area contributed by atoms with Crippen LogP contribution in [-0.2, 0) is 18.5 Å². The predicted molar refractivity (Wildman–Crippen MR) is 53.6 cm³/mol. The van der Waals surface area contributed by atoms with Crippen LogP contribution in [0.2, 0.25) is 0 Å². The molecule has 0 unspecified atom stereocenters. The molecule has 0 aliphatic heterocycles. The maximum atomic E-state index is 10.5. The zero-order valence-corrected chi connectivity index (χ0v) is 8.61. The Balaban J connectivity index is 3.21. The first-order chi connectivity index (χ1) is 6.20. The fraction of sp³-hybridized carbons (Fsp3) is 0.429. The van der Waals surface area contributed by atoms with Gasteiger partial charge in [0.15, 0.2) is 0 Å². The van der Waals surface area contributed by atoms with Crippen LogP contribution in [0.25, 0.3) is 0 Å². The van der Waals surface area contributed by atoms with E-state index in [-0.39, 0.29) is 12.4 Å². The summed E-state index contributed by atoms with van der Waals surface area (Å²) in [6.45, 7) is 3.41. The molecule has 0 fully saturated rings. The Morgan fingerprint density at radius 3 is 2.77 bits per heavy atom. The zero-order chi connectivity index (χ0) is 10.1. The molecule has 0 aromatic carbocycles. The van der Waals surface area contributed by atoms with Crippen LogP contribution in [0.3, 0.4) is 0 Å². The minimum Gasteiger partial charge on any atom is -0.462 e. The highest BCUT2D eigenvalue weighted by Crippen LogP contribution is 2.02. The van der Waals surface area contributed by atoms with Gasteiger partial charge in [-0.25, -0.2) is 4.79 Å². The molecule has 0 bridgehead atoms. The number of carbonyl (C=O) groups excluding carboxylic acids is 2. The molecule has 0 aliphatic carbocycles. The molecular formula is C7H10O4S2. The number of thiol groups is 1. The van der Waals surface area contributed by atoms with E-state index in [2.05, 4.69) is 28.1 Å². The van der Waals surface area contributed by atoms with E-state index in [0.717, 1.165) is 18.1 Å². The van der Waals surface area contributed by atoms with E-state index >= 15 is 0 Å². The molecule has 0 rings (SSSR count). The van der Waals surface area contributed by atoms with Crippen molar-refractivity contribution in [1.29, 1.82) is 0 Å². The lowest BCUT2D eigenvalue weighted by atomic mass is 10.6. The number of carbonyl (C=O) groups is 2. The average molecular weight is 222 g/mol. The van der Waals surface area contributed by atoms with Crippen molar-refractivity contribution >= 4 is 36.6 Å². The van der Waals surface area contributed by atoms with Gasteiger partial charge in [-0.1, -0.05) is 6.58 Å². The minimum atomic E-state index is -0.485. The molecule has 0 spiro atoms. The summed E-state index contributed by atoms with van der Waals surface area (Å²) >= 11 is 4.63. The van der Waals surface area contributed by atoms with E-state index < -0.39 is 11.9 Å². The second-order valence-electron chi connectivity index (χ2n) is 1.81. The second kappa shape index (κ2) is 8.00. The Morgan fingerprint density at radius 1 is 1.54 bits per heavy atom. The SMILES string of the molecule is C=CC(=O)OCCSOC(=O)CS. The van der Waals surface area contributed by atoms with Crippen molar-refractivity contribution in [2.24, 2.45) is 0 Å². The molecule has 0 aromatic heterocycles. The quantitative estimate of drug-likeness (QED) is 0.237. The number of hydrogen-bond acceptors (Lipinski definition) is 6. The molecule has 0 radical (unpaired) electrons. The number of hydrogen-bond donors (Lipinski definition) is 1. The molecule has 4 nitrogen and oxygen atoms in total. The lowest BCUT2D eigenvalue weighted by Gasteiger charge is -2.01. The highest BCUT2D eigenvalue weighted by atomic mass is 32.2. The van der Waals surface area contributed by atoms with Crippen molar-refractivity contribution < 1.29 is 18.5 Å². The summed E-state index contributed by atoms with van der Waals surface area (Å²) < 4.78 is 9.21. The van der Waals surface area contributed by atoms with Gasteiger partial charge in [0.25, 0.3) is 0 Å². The summed E-state index contributed by atoms with van der Waals surface area (Å²) in [6.07, 6.45) is 1.07. The van der Waals surface area contributed by atoms with Gasteiger partial charge in [-0.2, -0.15) is 12.6 Å². The highest BCUT2D eigenvalue weighted by Gasteiger charge is 2.00. The van der Waals surface area contributed by atoms with Crippen LogP contribution in [0.4, 0.5) is 0 Å². The Morgan fingerprint density at radius 2 is 2.23 bits per heavy atom. The van der Waals surface area contributed by atoms with Crippen molar-refractivity contribution in [1.82, 2.24) is 0 Å². The van der Waals surface area contributed by atoms with Crippen LogP contribution < -0.4 is 0 Å². The van der Waals surface area contributed by atoms with Gasteiger partial charge in [0.2, 0.25) is 0 Å². The first kappa shape index (κ1) is 12.4. The van der Waals surface area contributed by atoms with Gasteiger partial charge in [0.05, 0.1) is 23.5 Å². The van der Waals surface area contributed by atoms with Crippen molar-refractivity contribution in [2.45, 2.75) is 0 Å². The van der Waals surface area contributed by atoms with Crippen LogP contribution >= 0.6 is 24.7 Å². The smallest absolute Gasteiger partial charge is 0.330 e. The lowest BCUT2D eigenvalue weighted by Crippen LogP contribution is -2.06. The normalized spacial score (nSPS) is 9.00. The van der Waals surface area contributed by atoms with Gasteiger partial charge in [-0.3, -0.25) is 4.79 Å². The van der Waals surface area contributed by atoms with E-state index in [1.807, 2.05) is 0 Å². The number of rotatable bonds is 6. The molecule has 0 aromatic rings. The third-order valence-electron chi connectivity index (χ3n) is 0.859. The topological polar surface area (TPSA) is 52.6 Å². The summed E-state index contributed by atoms with van der Waals surface area (Å²) in [4.78, 5) is 21.0. The largest absolute Gasteiger partial charge is 0.462 e. The molecule has 0 amide bonds. The fourth-order valence-corrected chi connectivity index (χ4v) is 0.946. The van der Waals surface area contributed by atoms with Gasteiger partial charge in [-0.15, -0.1) is 0 Å². The van der Waals surface area contributed by atoms with Crippen LogP contribution in [-0.4, -0.2) is 30.1 Å². The van der Waals surface area contributed by atoms with Crippen LogP contribution in [0.5, 0.6) is 0 Å². The average Bonchev–Trinajstić information content (AvgIpc) is 2.16. The molecule has 0 saturated carbocycles. The van der Waals surface area contributed by atoms with Gasteiger partial charge in [-0.05, 0) is 0 Å². The van der Waals surface area contributed by atoms with E-state index in [9.17, 15) is 9.59 Å². The van der Waals surface area contributed by atoms with Crippen molar-refractivity contribution in [3.8, 4) is 0 Å². The molecular weight excluding hydrogens is 212 g/mol. The Hall–Kier alpha value is -0.620. The van der Waals surface area contributed by atoms with Crippen LogP contribution in [0.1, 0.15) is 0 Å². The molecule has 74 valence electrons. The van der Waals surface area contributed by atoms with Crippen molar-refractivity contribution in [2.75, 3.05) is 18.1 Å². The van der Waals surface area contributed by atoms with E-state index in [0.29, 0.717) is 5.75 Å². The van der Waals surface area contributed by atoms with Crippen LogP contribution in [0, 0.1) is 0 Å². The summed E-state index contributed by atoms with van der Waals surface area (Å²) in [5.41, 5.74) is 0. The predicted octanol–water partition coefficient (Wildman–Crippen LogP) is 0.837. The second-order valence-corrected chi connectivity index (χ2v) is 2.93. The molecule has 0 heterocycles. The highest BCUT2D eigenvalue weighted by molar-refractivity contribution is 7.95. The third-order valence-corrected chi connectivity index (χ3v) is 1.75. The van der Waals surface area contributed by atoms with Gasteiger partial charge in [0.1, 0.15) is 6.61 Å². The van der Waals surface area contributed by atoms with Crippen LogP contribution in [0.15, 0.2) is 12.7 Å². The molecule has 6 heteroatoms. The first-order valence-corrected chi connectivity index (χ1v) is 4.97. The molecule has 0 aliphatic rings. The Bertz CT molecular complexity index is 193. The summed E-state index contributed by atoms with van der Waals surface area (Å²) in [7, 11) is 0. The van der Waals surface area contributed by atoms with E-state index in [1.54, 1.807) is 0 Å². The maximum absolute atomic E-state index is 10.5. The fourth-order valence-electron chi connectivity index (χ4n) is 0.369. The first-order valence-electron chi connectivity index (χ1n) is 3.43. The molecule has 0 saturated heterocycles. The van der Waals surface area contributed by atoms with Crippen molar-refractivity contribution in [3.05, 3.63) is 12.7 Å². The molecule has 0 atom stereocenters. The number of ether oxygens (including phenoxy) is 1. The number of esters is 1. The lowest BCUT2D eigenvalue weighted by molar-refractivity contribution is -0.137. The summed E-state index contributed by atoms with van der Waals surface area (Å²) in [5, 5.41) is 0. The minimum absolute atomic E-state index is 0.0411. The molecule has 13 heavy (non-hydrogen) atoms. The third kappa shape index (κ3) is 7.73. The maximum Gasteiger partial charge on any atom is 0.330 e. The van der Waals surface area contributed by atoms with Crippen molar-refractivity contribution in [3.63, 3.8) is 0 Å². The van der Waals surface area contributed by atoms with E-state index in [1.165, 1.54) is 0 Å². The summed E-state index contributed by atoms with van der Waals surface area (Å²) in [6, 6.07) is 0. The Labute approximate surface area is 86.3 Å².